The number of rotatable bonds is 1. The van der Waals surface area contributed by atoms with E-state index in [-0.39, 0.29) is 11.7 Å². The third-order valence-electron chi connectivity index (χ3n) is 2.07. The number of aromatic amines is 1. The van der Waals surface area contributed by atoms with Gasteiger partial charge in [-0.2, -0.15) is 0 Å². The smallest absolute Gasteiger partial charge is 0.129 e. The lowest BCUT2D eigenvalue weighted by molar-refractivity contribution is 0.600. The van der Waals surface area contributed by atoms with Crippen LogP contribution in [0.4, 0.5) is 4.39 Å². The molecule has 1 aromatic carbocycles. The summed E-state index contributed by atoms with van der Waals surface area (Å²) in [7, 11) is 0. The van der Waals surface area contributed by atoms with Crippen LogP contribution in [0.2, 0.25) is 0 Å². The summed E-state index contributed by atoms with van der Waals surface area (Å²) in [6.07, 6.45) is 0. The Hall–Kier alpha value is -1.45. The van der Waals surface area contributed by atoms with Crippen molar-refractivity contribution in [2.45, 2.75) is 19.8 Å². The molecule has 0 spiro atoms. The minimum atomic E-state index is -0.212. The Bertz CT molecular complexity index is 433. The molecule has 0 aliphatic carbocycles. The van der Waals surface area contributed by atoms with Crippen LogP contribution in [0.3, 0.4) is 0 Å². The van der Waals surface area contributed by atoms with Crippen molar-refractivity contribution in [3.05, 3.63) is 23.5 Å². The van der Waals surface area contributed by atoms with Gasteiger partial charge in [-0.15, -0.1) is 5.10 Å². The maximum Gasteiger partial charge on any atom is 0.129 e. The molecule has 1 N–H and O–H groups in total. The van der Waals surface area contributed by atoms with E-state index >= 15 is 0 Å². The van der Waals surface area contributed by atoms with E-state index in [0.29, 0.717) is 11.1 Å². The van der Waals surface area contributed by atoms with Gasteiger partial charge in [0, 0.05) is 6.07 Å². The van der Waals surface area contributed by atoms with E-state index in [4.69, 9.17) is 0 Å². The standard InChI is InChI=1S/C9H10FN3/c1-5(2)6-3-8-9(4-7(6)10)12-13-11-8/h3-5H,1-2H3,(H,11,12,13). The number of hydrogen-bond donors (Lipinski definition) is 1. The molecule has 0 bridgehead atoms. The lowest BCUT2D eigenvalue weighted by Gasteiger charge is -2.05. The zero-order valence-corrected chi connectivity index (χ0v) is 7.50. The van der Waals surface area contributed by atoms with Crippen molar-refractivity contribution >= 4 is 11.0 Å². The Morgan fingerprint density at radius 2 is 2.15 bits per heavy atom. The molecule has 4 heteroatoms. The first kappa shape index (κ1) is 8.16. The number of hydrogen-bond acceptors (Lipinski definition) is 2. The summed E-state index contributed by atoms with van der Waals surface area (Å²) in [5.41, 5.74) is 2.05. The number of aromatic nitrogens is 3. The minimum Gasteiger partial charge on any atom is -0.258 e. The predicted octanol–water partition coefficient (Wildman–Crippen LogP) is 2.22. The van der Waals surface area contributed by atoms with E-state index in [1.54, 1.807) is 6.07 Å². The Morgan fingerprint density at radius 1 is 1.38 bits per heavy atom. The molecule has 1 aromatic heterocycles. The molecule has 0 aliphatic rings. The summed E-state index contributed by atoms with van der Waals surface area (Å²) >= 11 is 0. The zero-order chi connectivity index (χ0) is 9.42. The molecule has 68 valence electrons. The van der Waals surface area contributed by atoms with Crippen LogP contribution in [-0.4, -0.2) is 15.4 Å². The van der Waals surface area contributed by atoms with Crippen molar-refractivity contribution in [3.63, 3.8) is 0 Å². The molecule has 0 unspecified atom stereocenters. The van der Waals surface area contributed by atoms with Gasteiger partial charge >= 0.3 is 0 Å². The molecule has 0 fully saturated rings. The van der Waals surface area contributed by atoms with Gasteiger partial charge in [-0.1, -0.05) is 19.1 Å². The second-order valence-electron chi connectivity index (χ2n) is 3.36. The van der Waals surface area contributed by atoms with Crippen LogP contribution in [0.15, 0.2) is 12.1 Å². The van der Waals surface area contributed by atoms with Crippen LogP contribution in [-0.2, 0) is 0 Å². The summed E-state index contributed by atoms with van der Waals surface area (Å²) < 4.78 is 13.4. The molecule has 3 nitrogen and oxygen atoms in total. The molecule has 0 radical (unpaired) electrons. The van der Waals surface area contributed by atoms with Gasteiger partial charge in [-0.25, -0.2) is 4.39 Å². The highest BCUT2D eigenvalue weighted by Gasteiger charge is 2.09. The highest BCUT2D eigenvalue weighted by atomic mass is 19.1. The lowest BCUT2D eigenvalue weighted by Crippen LogP contribution is -1.92. The molecule has 0 atom stereocenters. The Balaban J connectivity index is 2.69. The van der Waals surface area contributed by atoms with Gasteiger partial charge in [0.15, 0.2) is 0 Å². The topological polar surface area (TPSA) is 41.6 Å². The van der Waals surface area contributed by atoms with Crippen LogP contribution in [0.5, 0.6) is 0 Å². The van der Waals surface area contributed by atoms with Crippen molar-refractivity contribution in [1.29, 1.82) is 0 Å². The fourth-order valence-corrected chi connectivity index (χ4v) is 1.33. The second-order valence-corrected chi connectivity index (χ2v) is 3.36. The van der Waals surface area contributed by atoms with Gasteiger partial charge in [0.2, 0.25) is 0 Å². The van der Waals surface area contributed by atoms with Gasteiger partial charge in [-0.05, 0) is 17.5 Å². The number of H-pyrrole nitrogens is 1. The Labute approximate surface area is 75.0 Å². The van der Waals surface area contributed by atoms with E-state index in [1.807, 2.05) is 13.8 Å². The van der Waals surface area contributed by atoms with Gasteiger partial charge < -0.3 is 0 Å². The first-order chi connectivity index (χ1) is 6.18. The average molecular weight is 179 g/mol. The van der Waals surface area contributed by atoms with Crippen molar-refractivity contribution in [1.82, 2.24) is 15.4 Å². The quantitative estimate of drug-likeness (QED) is 0.729. The summed E-state index contributed by atoms with van der Waals surface area (Å²) in [4.78, 5) is 0. The lowest BCUT2D eigenvalue weighted by atomic mass is 10.0. The maximum absolute atomic E-state index is 13.4. The van der Waals surface area contributed by atoms with Gasteiger partial charge in [0.05, 0.1) is 5.52 Å². The molecule has 2 rings (SSSR count). The fraction of sp³-hybridized carbons (Fsp3) is 0.333. The third kappa shape index (κ3) is 1.28. The molecular formula is C9H10FN3. The summed E-state index contributed by atoms with van der Waals surface area (Å²) in [6.45, 7) is 3.90. The first-order valence-electron chi connectivity index (χ1n) is 4.18. The molecule has 0 amide bonds. The first-order valence-corrected chi connectivity index (χ1v) is 4.18. The molecule has 13 heavy (non-hydrogen) atoms. The maximum atomic E-state index is 13.4. The highest BCUT2D eigenvalue weighted by Crippen LogP contribution is 2.22. The van der Waals surface area contributed by atoms with Crippen LogP contribution in [0.1, 0.15) is 25.3 Å². The minimum absolute atomic E-state index is 0.174. The molecular weight excluding hydrogens is 169 g/mol. The van der Waals surface area contributed by atoms with Gasteiger partial charge in [-0.3, -0.25) is 5.10 Å². The number of halogens is 1. The monoisotopic (exact) mass is 179 g/mol. The number of nitrogens with one attached hydrogen (secondary N) is 1. The summed E-state index contributed by atoms with van der Waals surface area (Å²) in [6, 6.07) is 3.17. The van der Waals surface area contributed by atoms with E-state index in [0.717, 1.165) is 5.52 Å². The number of benzene rings is 1. The third-order valence-corrected chi connectivity index (χ3v) is 2.07. The Kier molecular flexibility index (Phi) is 1.76. The summed E-state index contributed by atoms with van der Waals surface area (Å²) in [5, 5.41) is 10.0. The van der Waals surface area contributed by atoms with E-state index in [1.165, 1.54) is 6.07 Å². The number of nitrogens with zero attached hydrogens (tertiary/aromatic N) is 2. The normalized spacial score (nSPS) is 11.4. The molecule has 0 saturated heterocycles. The molecule has 0 aliphatic heterocycles. The second kappa shape index (κ2) is 2.80. The Morgan fingerprint density at radius 3 is 2.85 bits per heavy atom. The van der Waals surface area contributed by atoms with Gasteiger partial charge in [0.25, 0.3) is 0 Å². The fourth-order valence-electron chi connectivity index (χ4n) is 1.33. The largest absolute Gasteiger partial charge is 0.258 e. The van der Waals surface area contributed by atoms with Crippen LogP contribution in [0.25, 0.3) is 11.0 Å². The molecule has 2 aromatic rings. The summed E-state index contributed by atoms with van der Waals surface area (Å²) in [5.74, 6) is -0.0379. The van der Waals surface area contributed by atoms with Crippen molar-refractivity contribution in [2.24, 2.45) is 0 Å². The van der Waals surface area contributed by atoms with Crippen molar-refractivity contribution in [3.8, 4) is 0 Å². The van der Waals surface area contributed by atoms with E-state index < -0.39 is 0 Å². The zero-order valence-electron chi connectivity index (χ0n) is 7.50. The van der Waals surface area contributed by atoms with E-state index in [9.17, 15) is 4.39 Å². The van der Waals surface area contributed by atoms with Crippen LogP contribution < -0.4 is 0 Å². The van der Waals surface area contributed by atoms with E-state index in [2.05, 4.69) is 15.4 Å². The molecule has 0 saturated carbocycles. The van der Waals surface area contributed by atoms with Crippen molar-refractivity contribution in [2.75, 3.05) is 0 Å². The number of fused-ring (bicyclic) bond motifs is 1. The van der Waals surface area contributed by atoms with Crippen LogP contribution in [0, 0.1) is 5.82 Å². The molecule has 1 heterocycles. The predicted molar refractivity (Wildman–Crippen MR) is 47.9 cm³/mol. The highest BCUT2D eigenvalue weighted by molar-refractivity contribution is 5.74. The SMILES string of the molecule is CC(C)c1cc2[nH]nnc2cc1F. The average Bonchev–Trinajstić information content (AvgIpc) is 2.48. The van der Waals surface area contributed by atoms with Crippen LogP contribution >= 0.6 is 0 Å². The van der Waals surface area contributed by atoms with Crippen molar-refractivity contribution < 1.29 is 4.39 Å². The van der Waals surface area contributed by atoms with Gasteiger partial charge in [0.1, 0.15) is 11.3 Å².